The second-order valence-electron chi connectivity index (χ2n) is 16.1. The molecule has 1 heterocycles. The van der Waals surface area contributed by atoms with E-state index in [0.717, 1.165) is 21.9 Å². The van der Waals surface area contributed by atoms with Crippen molar-refractivity contribution in [2.75, 3.05) is 0 Å². The Balaban J connectivity index is 1.18. The van der Waals surface area contributed by atoms with E-state index in [9.17, 15) is 0 Å². The van der Waals surface area contributed by atoms with Gasteiger partial charge in [-0.3, -0.25) is 0 Å². The maximum Gasteiger partial charge on any atom is 0.136 e. The molecule has 0 spiro atoms. The van der Waals surface area contributed by atoms with E-state index in [0.29, 0.717) is 5.92 Å². The Morgan fingerprint density at radius 1 is 0.310 bits per heavy atom. The Labute approximate surface area is 336 Å². The van der Waals surface area contributed by atoms with Gasteiger partial charge in [-0.1, -0.05) is 178 Å². The molecule has 0 amide bonds. The summed E-state index contributed by atoms with van der Waals surface area (Å²) >= 11 is 0. The van der Waals surface area contributed by atoms with E-state index < -0.39 is 0 Å². The van der Waals surface area contributed by atoms with E-state index in [-0.39, 0.29) is 0 Å². The van der Waals surface area contributed by atoms with E-state index in [1.54, 1.807) is 0 Å². The second-order valence-corrected chi connectivity index (χ2v) is 16.1. The first-order valence-electron chi connectivity index (χ1n) is 20.4. The van der Waals surface area contributed by atoms with E-state index in [1.807, 2.05) is 0 Å². The fourth-order valence-corrected chi connectivity index (χ4v) is 10.1. The largest absolute Gasteiger partial charge is 0.456 e. The lowest BCUT2D eigenvalue weighted by Gasteiger charge is -2.23. The van der Waals surface area contributed by atoms with Gasteiger partial charge in [-0.15, -0.1) is 0 Å². The fourth-order valence-electron chi connectivity index (χ4n) is 10.1. The van der Waals surface area contributed by atoms with Crippen LogP contribution in [-0.2, 0) is 0 Å². The van der Waals surface area contributed by atoms with Gasteiger partial charge >= 0.3 is 0 Å². The van der Waals surface area contributed by atoms with Crippen molar-refractivity contribution < 1.29 is 4.42 Å². The Morgan fingerprint density at radius 3 is 1.28 bits per heavy atom. The summed E-state index contributed by atoms with van der Waals surface area (Å²) in [5, 5.41) is 17.3. The Bertz CT molecular complexity index is 3540. The standard InChI is InChI=1S/C57H38O/c1-34(2)38-28-29-49(40-18-6-5-17-39(38)40)55-43-21-9-13-25-47(43)57(48-26-14-10-22-44(48)55)56-45-23-11-7-19-41(45)54(42-20-8-12-24-46(42)56)37-27-30-52-50(32-37)51-31-35-15-3-4-16-36(35)33-53(51)58-52/h3-34H,1-2H3. The third kappa shape index (κ3) is 4.77. The van der Waals surface area contributed by atoms with Crippen LogP contribution in [0.25, 0.3) is 120 Å². The molecule has 1 aromatic heterocycles. The van der Waals surface area contributed by atoms with Crippen molar-refractivity contribution >= 4 is 86.6 Å². The van der Waals surface area contributed by atoms with Gasteiger partial charge < -0.3 is 4.42 Å². The molecule has 58 heavy (non-hydrogen) atoms. The van der Waals surface area contributed by atoms with Crippen molar-refractivity contribution in [3.05, 3.63) is 194 Å². The molecule has 0 fully saturated rings. The van der Waals surface area contributed by atoms with Gasteiger partial charge in [0.05, 0.1) is 0 Å². The van der Waals surface area contributed by atoms with Gasteiger partial charge in [-0.05, 0) is 134 Å². The summed E-state index contributed by atoms with van der Waals surface area (Å²) in [6.07, 6.45) is 0. The summed E-state index contributed by atoms with van der Waals surface area (Å²) in [7, 11) is 0. The fraction of sp³-hybridized carbons (Fsp3) is 0.0526. The molecule has 0 saturated heterocycles. The first-order valence-corrected chi connectivity index (χ1v) is 20.4. The van der Waals surface area contributed by atoms with Gasteiger partial charge in [0.2, 0.25) is 0 Å². The normalized spacial score (nSPS) is 12.1. The molecule has 12 aromatic rings. The van der Waals surface area contributed by atoms with Crippen LogP contribution in [0.15, 0.2) is 192 Å². The van der Waals surface area contributed by atoms with Crippen LogP contribution < -0.4 is 0 Å². The summed E-state index contributed by atoms with van der Waals surface area (Å²) in [4.78, 5) is 0. The highest BCUT2D eigenvalue weighted by molar-refractivity contribution is 6.31. The minimum absolute atomic E-state index is 0.431. The van der Waals surface area contributed by atoms with E-state index in [2.05, 4.69) is 202 Å². The van der Waals surface area contributed by atoms with Gasteiger partial charge in [-0.25, -0.2) is 0 Å². The third-order valence-corrected chi connectivity index (χ3v) is 12.6. The number of fused-ring (bicyclic) bond motifs is 9. The lowest BCUT2D eigenvalue weighted by Crippen LogP contribution is -1.96. The zero-order chi connectivity index (χ0) is 38.5. The molecule has 1 nitrogen and oxygen atoms in total. The highest BCUT2D eigenvalue weighted by Gasteiger charge is 2.24. The summed E-state index contributed by atoms with van der Waals surface area (Å²) < 4.78 is 6.47. The zero-order valence-corrected chi connectivity index (χ0v) is 32.4. The number of rotatable bonds is 4. The highest BCUT2D eigenvalue weighted by Crippen LogP contribution is 2.51. The number of hydrogen-bond acceptors (Lipinski definition) is 1. The summed E-state index contributed by atoms with van der Waals surface area (Å²) in [6, 6.07) is 69.6. The van der Waals surface area contributed by atoms with Crippen molar-refractivity contribution in [3.8, 4) is 33.4 Å². The lowest BCUT2D eigenvalue weighted by molar-refractivity contribution is 0.669. The predicted octanol–water partition coefficient (Wildman–Crippen LogP) is 16.6. The molecule has 11 aromatic carbocycles. The number of benzene rings is 11. The van der Waals surface area contributed by atoms with Crippen LogP contribution in [0, 0.1) is 0 Å². The van der Waals surface area contributed by atoms with Gasteiger partial charge in [-0.2, -0.15) is 0 Å². The van der Waals surface area contributed by atoms with Crippen LogP contribution >= 0.6 is 0 Å². The molecule has 0 aliphatic heterocycles. The van der Waals surface area contributed by atoms with Crippen LogP contribution in [0.3, 0.4) is 0 Å². The minimum Gasteiger partial charge on any atom is -0.456 e. The summed E-state index contributed by atoms with van der Waals surface area (Å²) in [5.41, 5.74) is 10.8. The third-order valence-electron chi connectivity index (χ3n) is 12.6. The second kappa shape index (κ2) is 12.6. The Morgan fingerprint density at radius 2 is 0.741 bits per heavy atom. The average Bonchev–Trinajstić information content (AvgIpc) is 3.63. The quantitative estimate of drug-likeness (QED) is 0.164. The Kier molecular flexibility index (Phi) is 7.19. The molecule has 0 saturated carbocycles. The molecular weight excluding hydrogens is 701 g/mol. The summed E-state index contributed by atoms with van der Waals surface area (Å²) in [6.45, 7) is 4.58. The van der Waals surface area contributed by atoms with Crippen LogP contribution in [0.1, 0.15) is 25.3 Å². The lowest BCUT2D eigenvalue weighted by atomic mass is 9.80. The monoisotopic (exact) mass is 738 g/mol. The van der Waals surface area contributed by atoms with Gasteiger partial charge in [0, 0.05) is 10.8 Å². The average molecular weight is 739 g/mol. The number of hydrogen-bond donors (Lipinski definition) is 0. The van der Waals surface area contributed by atoms with Crippen molar-refractivity contribution in [1.29, 1.82) is 0 Å². The van der Waals surface area contributed by atoms with Gasteiger partial charge in [0.15, 0.2) is 0 Å². The van der Waals surface area contributed by atoms with E-state index in [4.69, 9.17) is 4.42 Å². The van der Waals surface area contributed by atoms with Crippen LogP contribution in [0.5, 0.6) is 0 Å². The first-order chi connectivity index (χ1) is 28.6. The SMILES string of the molecule is CC(C)c1ccc(-c2c3ccccc3c(-c3c4ccccc4c(-c4ccc5oc6cc7ccccc7cc6c5c4)c4ccccc34)c3ccccc23)c2ccccc12. The molecule has 0 unspecified atom stereocenters. The van der Waals surface area contributed by atoms with Gasteiger partial charge in [0.25, 0.3) is 0 Å². The van der Waals surface area contributed by atoms with Crippen molar-refractivity contribution in [2.45, 2.75) is 19.8 Å². The molecule has 0 bridgehead atoms. The molecule has 0 aliphatic rings. The van der Waals surface area contributed by atoms with Crippen LogP contribution in [0.4, 0.5) is 0 Å². The van der Waals surface area contributed by atoms with Crippen molar-refractivity contribution in [3.63, 3.8) is 0 Å². The highest BCUT2D eigenvalue weighted by atomic mass is 16.3. The molecular formula is C57H38O. The predicted molar refractivity (Wildman–Crippen MR) is 249 cm³/mol. The smallest absolute Gasteiger partial charge is 0.136 e. The maximum atomic E-state index is 6.47. The molecule has 0 N–H and O–H groups in total. The minimum atomic E-state index is 0.431. The van der Waals surface area contributed by atoms with E-state index >= 15 is 0 Å². The Hall–Kier alpha value is -7.22. The zero-order valence-electron chi connectivity index (χ0n) is 32.4. The van der Waals surface area contributed by atoms with Crippen LogP contribution in [-0.4, -0.2) is 0 Å². The molecule has 1 heteroatoms. The first kappa shape index (κ1) is 33.0. The topological polar surface area (TPSA) is 13.1 Å². The molecule has 0 atom stereocenters. The van der Waals surface area contributed by atoms with Gasteiger partial charge in [0.1, 0.15) is 11.2 Å². The van der Waals surface area contributed by atoms with Crippen molar-refractivity contribution in [1.82, 2.24) is 0 Å². The molecule has 12 rings (SSSR count). The summed E-state index contributed by atoms with van der Waals surface area (Å²) in [5.74, 6) is 0.431. The molecule has 272 valence electrons. The van der Waals surface area contributed by atoms with Crippen LogP contribution in [0.2, 0.25) is 0 Å². The van der Waals surface area contributed by atoms with E-state index in [1.165, 1.54) is 104 Å². The molecule has 0 radical (unpaired) electrons. The van der Waals surface area contributed by atoms with Crippen molar-refractivity contribution in [2.24, 2.45) is 0 Å². The molecule has 0 aliphatic carbocycles. The number of furan rings is 1. The maximum absolute atomic E-state index is 6.47.